The predicted octanol–water partition coefficient (Wildman–Crippen LogP) is 2.60. The molecule has 0 bridgehead atoms. The normalized spacial score (nSPS) is 11.8. The highest BCUT2D eigenvalue weighted by Crippen LogP contribution is 2.24. The van der Waals surface area contributed by atoms with Crippen LogP contribution in [0.2, 0.25) is 0 Å². The van der Waals surface area contributed by atoms with E-state index in [2.05, 4.69) is 30.7 Å². The van der Waals surface area contributed by atoms with Crippen molar-refractivity contribution in [3.8, 4) is 0 Å². The van der Waals surface area contributed by atoms with Gasteiger partial charge in [0.25, 0.3) is 0 Å². The largest absolute Gasteiger partial charge is 0.331 e. The van der Waals surface area contributed by atoms with Crippen molar-refractivity contribution < 1.29 is 4.79 Å². The summed E-state index contributed by atoms with van der Waals surface area (Å²) >= 11 is 1.55. The van der Waals surface area contributed by atoms with Crippen molar-refractivity contribution in [2.45, 2.75) is 32.6 Å². The Labute approximate surface area is 111 Å². The molecule has 0 aliphatic heterocycles. The van der Waals surface area contributed by atoms with Crippen molar-refractivity contribution >= 4 is 17.1 Å². The van der Waals surface area contributed by atoms with Gasteiger partial charge in [-0.1, -0.05) is 20.8 Å². The zero-order chi connectivity index (χ0) is 13.3. The summed E-state index contributed by atoms with van der Waals surface area (Å²) < 4.78 is 1.74. The highest BCUT2D eigenvalue weighted by atomic mass is 32.1. The molecule has 18 heavy (non-hydrogen) atoms. The lowest BCUT2D eigenvalue weighted by atomic mass is 9.93. The topological polar surface area (TPSA) is 47.8 Å². The van der Waals surface area contributed by atoms with Crippen LogP contribution in [-0.4, -0.2) is 20.3 Å². The second kappa shape index (κ2) is 4.65. The lowest BCUT2D eigenvalue weighted by Crippen LogP contribution is -2.12. The quantitative estimate of drug-likeness (QED) is 0.800. The molecule has 2 rings (SSSR count). The third kappa shape index (κ3) is 2.67. The molecular weight excluding hydrogens is 246 g/mol. The van der Waals surface area contributed by atoms with Crippen LogP contribution < -0.4 is 0 Å². The summed E-state index contributed by atoms with van der Waals surface area (Å²) in [6, 6.07) is 0. The van der Waals surface area contributed by atoms with Gasteiger partial charge in [0.1, 0.15) is 10.7 Å². The minimum Gasteiger partial charge on any atom is -0.331 e. The molecule has 2 aromatic heterocycles. The van der Waals surface area contributed by atoms with Gasteiger partial charge in [-0.25, -0.2) is 9.97 Å². The maximum atomic E-state index is 12.1. The molecule has 0 saturated carbocycles. The molecule has 2 heterocycles. The van der Waals surface area contributed by atoms with Crippen LogP contribution in [0, 0.1) is 0 Å². The number of thiazole rings is 1. The van der Waals surface area contributed by atoms with Gasteiger partial charge in [-0.2, -0.15) is 0 Å². The van der Waals surface area contributed by atoms with Crippen molar-refractivity contribution in [3.63, 3.8) is 0 Å². The lowest BCUT2D eigenvalue weighted by Gasteiger charge is -2.14. The number of imidazole rings is 1. The average Bonchev–Trinajstić information content (AvgIpc) is 2.85. The van der Waals surface area contributed by atoms with E-state index >= 15 is 0 Å². The zero-order valence-electron chi connectivity index (χ0n) is 11.1. The highest BCUT2D eigenvalue weighted by molar-refractivity contribution is 7.09. The third-order valence-corrected chi connectivity index (χ3v) is 3.58. The van der Waals surface area contributed by atoms with Crippen LogP contribution in [0.4, 0.5) is 0 Å². The molecule has 0 fully saturated rings. The maximum Gasteiger partial charge on any atom is 0.187 e. The summed E-state index contributed by atoms with van der Waals surface area (Å²) in [4.78, 5) is 20.5. The zero-order valence-corrected chi connectivity index (χ0v) is 11.9. The Hall–Kier alpha value is -1.49. The van der Waals surface area contributed by atoms with E-state index in [4.69, 9.17) is 0 Å². The fraction of sp³-hybridized carbons (Fsp3) is 0.462. The van der Waals surface area contributed by atoms with Crippen molar-refractivity contribution in [2.24, 2.45) is 7.05 Å². The van der Waals surface area contributed by atoms with Gasteiger partial charge in [-0.15, -0.1) is 11.3 Å². The molecule has 0 N–H and O–H groups in total. The Bertz CT molecular complexity index is 563. The van der Waals surface area contributed by atoms with Crippen molar-refractivity contribution in [1.29, 1.82) is 0 Å². The van der Waals surface area contributed by atoms with E-state index in [-0.39, 0.29) is 11.2 Å². The van der Waals surface area contributed by atoms with Gasteiger partial charge in [-0.05, 0) is 0 Å². The smallest absolute Gasteiger partial charge is 0.187 e. The standard InChI is InChI=1S/C13H17N3OS/c1-13(2,3)11-7-18-12(15-11)5-10(17)9-6-14-8-16(9)4/h6-8H,5H2,1-4H3. The highest BCUT2D eigenvalue weighted by Gasteiger charge is 2.19. The van der Waals surface area contributed by atoms with Crippen LogP contribution in [0.25, 0.3) is 0 Å². The number of aromatic nitrogens is 3. The van der Waals surface area contributed by atoms with Crippen LogP contribution in [0.15, 0.2) is 17.9 Å². The van der Waals surface area contributed by atoms with E-state index in [1.54, 1.807) is 28.4 Å². The Morgan fingerprint density at radius 1 is 1.44 bits per heavy atom. The van der Waals surface area contributed by atoms with Gasteiger partial charge in [0.05, 0.1) is 24.6 Å². The third-order valence-electron chi connectivity index (χ3n) is 2.73. The number of nitrogens with zero attached hydrogens (tertiary/aromatic N) is 3. The lowest BCUT2D eigenvalue weighted by molar-refractivity contribution is 0.0985. The summed E-state index contributed by atoms with van der Waals surface area (Å²) in [5.41, 5.74) is 1.70. The molecule has 5 heteroatoms. The van der Waals surface area contributed by atoms with E-state index in [1.165, 1.54) is 0 Å². The summed E-state index contributed by atoms with van der Waals surface area (Å²) in [6.07, 6.45) is 3.58. The molecular formula is C13H17N3OS. The van der Waals surface area contributed by atoms with Gasteiger partial charge < -0.3 is 4.57 Å². The second-order valence-corrected chi connectivity index (χ2v) is 6.31. The van der Waals surface area contributed by atoms with Crippen LogP contribution in [-0.2, 0) is 18.9 Å². The maximum absolute atomic E-state index is 12.1. The van der Waals surface area contributed by atoms with Crippen molar-refractivity contribution in [3.05, 3.63) is 34.3 Å². The van der Waals surface area contributed by atoms with Crippen molar-refractivity contribution in [2.75, 3.05) is 0 Å². The number of carbonyl (C=O) groups is 1. The molecule has 0 atom stereocenters. The number of ketones is 1. The van der Waals surface area contributed by atoms with Crippen molar-refractivity contribution in [1.82, 2.24) is 14.5 Å². The molecule has 0 aliphatic rings. The SMILES string of the molecule is Cn1cncc1C(=O)Cc1nc(C(C)(C)C)cs1. The molecule has 0 amide bonds. The van der Waals surface area contributed by atoms with Gasteiger partial charge in [0, 0.05) is 17.8 Å². The number of rotatable bonds is 3. The monoisotopic (exact) mass is 263 g/mol. The molecule has 0 aromatic carbocycles. The van der Waals surface area contributed by atoms with E-state index < -0.39 is 0 Å². The Morgan fingerprint density at radius 2 is 2.17 bits per heavy atom. The second-order valence-electron chi connectivity index (χ2n) is 5.37. The Morgan fingerprint density at radius 3 is 2.67 bits per heavy atom. The number of carbonyl (C=O) groups excluding carboxylic acids is 1. The molecule has 4 nitrogen and oxygen atoms in total. The molecule has 0 radical (unpaired) electrons. The van der Waals surface area contributed by atoms with Gasteiger partial charge in [-0.3, -0.25) is 4.79 Å². The first-order valence-corrected chi connectivity index (χ1v) is 6.70. The van der Waals surface area contributed by atoms with E-state index in [0.717, 1.165) is 10.7 Å². The summed E-state index contributed by atoms with van der Waals surface area (Å²) in [6.45, 7) is 6.36. The number of hydrogen-bond donors (Lipinski definition) is 0. The Balaban J connectivity index is 2.13. The van der Waals surface area contributed by atoms with Gasteiger partial charge in [0.2, 0.25) is 0 Å². The average molecular weight is 263 g/mol. The van der Waals surface area contributed by atoms with E-state index in [0.29, 0.717) is 12.1 Å². The summed E-state index contributed by atoms with van der Waals surface area (Å²) in [5.74, 6) is 0.0600. The minimum atomic E-state index is 0.0321. The fourth-order valence-corrected chi connectivity index (χ4v) is 2.61. The number of hydrogen-bond acceptors (Lipinski definition) is 4. The van der Waals surface area contributed by atoms with Crippen LogP contribution in [0.3, 0.4) is 0 Å². The predicted molar refractivity (Wildman–Crippen MR) is 72.1 cm³/mol. The van der Waals surface area contributed by atoms with Crippen LogP contribution in [0.1, 0.15) is 42.0 Å². The van der Waals surface area contributed by atoms with Crippen LogP contribution in [0.5, 0.6) is 0 Å². The first-order chi connectivity index (χ1) is 8.38. The molecule has 96 valence electrons. The first-order valence-electron chi connectivity index (χ1n) is 5.82. The minimum absolute atomic E-state index is 0.0321. The van der Waals surface area contributed by atoms with Gasteiger partial charge in [0.15, 0.2) is 5.78 Å². The molecule has 0 aliphatic carbocycles. The van der Waals surface area contributed by atoms with E-state index in [1.807, 2.05) is 12.4 Å². The molecule has 2 aromatic rings. The number of aryl methyl sites for hydroxylation is 1. The molecule has 0 spiro atoms. The molecule has 0 saturated heterocycles. The summed E-state index contributed by atoms with van der Waals surface area (Å²) in [5, 5.41) is 2.90. The van der Waals surface area contributed by atoms with E-state index in [9.17, 15) is 4.79 Å². The number of Topliss-reactive ketones (excluding diaryl/α,β-unsaturated/α-hetero) is 1. The van der Waals surface area contributed by atoms with Crippen LogP contribution >= 0.6 is 11.3 Å². The first kappa shape index (κ1) is 13.0. The summed E-state index contributed by atoms with van der Waals surface area (Å²) in [7, 11) is 1.82. The Kier molecular flexibility index (Phi) is 3.34. The molecule has 0 unspecified atom stereocenters. The fourth-order valence-electron chi connectivity index (χ4n) is 1.59. The van der Waals surface area contributed by atoms with Gasteiger partial charge >= 0.3 is 0 Å².